The van der Waals surface area contributed by atoms with Crippen molar-refractivity contribution >= 4 is 11.8 Å². The standard InChI is InChI=1S/C31H49NO4/c1-26(2)22-9-12-31(7)24(29(22,5)11-10-23(26)32-36-8)21(33)17-19-20-18-28(4,25(34)35)14-13-27(20,3)15-16-30(19,31)6/h17,20,22-24,32H,9-16,18H2,1-8H3,(H,34,35)/t20-,22-,23+,24+,27+,28-,29-,30+,31+/m0/s1. The predicted octanol–water partition coefficient (Wildman–Crippen LogP) is 6.57. The number of ketones is 1. The van der Waals surface area contributed by atoms with Gasteiger partial charge in [-0.1, -0.05) is 47.1 Å². The number of rotatable bonds is 3. The van der Waals surface area contributed by atoms with Crippen LogP contribution in [0.15, 0.2) is 11.6 Å². The van der Waals surface area contributed by atoms with Gasteiger partial charge in [0.1, 0.15) is 0 Å². The highest BCUT2D eigenvalue weighted by atomic mass is 16.6. The smallest absolute Gasteiger partial charge is 0.309 e. The summed E-state index contributed by atoms with van der Waals surface area (Å²) in [5.41, 5.74) is 3.78. The van der Waals surface area contributed by atoms with Gasteiger partial charge < -0.3 is 9.94 Å². The first-order chi connectivity index (χ1) is 16.6. The zero-order valence-electron chi connectivity index (χ0n) is 23.9. The zero-order chi connectivity index (χ0) is 26.5. The van der Waals surface area contributed by atoms with Crippen molar-refractivity contribution < 1.29 is 19.5 Å². The molecule has 0 radical (unpaired) electrons. The van der Waals surface area contributed by atoms with Crippen molar-refractivity contribution in [1.82, 2.24) is 5.48 Å². The van der Waals surface area contributed by atoms with Crippen LogP contribution in [0.3, 0.4) is 0 Å². The van der Waals surface area contributed by atoms with Gasteiger partial charge in [-0.2, -0.15) is 5.48 Å². The third-order valence-corrected chi connectivity index (χ3v) is 13.4. The first-order valence-electron chi connectivity index (χ1n) is 14.4. The lowest BCUT2D eigenvalue weighted by atomic mass is 9.33. The van der Waals surface area contributed by atoms with Gasteiger partial charge in [0, 0.05) is 12.0 Å². The summed E-state index contributed by atoms with van der Waals surface area (Å²) in [6.45, 7) is 16.3. The molecule has 5 aliphatic carbocycles. The molecule has 0 aliphatic heterocycles. The average Bonchev–Trinajstić information content (AvgIpc) is 2.78. The summed E-state index contributed by atoms with van der Waals surface area (Å²) in [5, 5.41) is 10.1. The second-order valence-electron chi connectivity index (χ2n) is 15.3. The molecular weight excluding hydrogens is 450 g/mol. The number of hydrogen-bond donors (Lipinski definition) is 2. The number of aliphatic carboxylic acids is 1. The summed E-state index contributed by atoms with van der Waals surface area (Å²) in [4.78, 5) is 32.0. The lowest BCUT2D eigenvalue weighted by Gasteiger charge is -2.70. The fourth-order valence-corrected chi connectivity index (χ4v) is 10.7. The van der Waals surface area contributed by atoms with Gasteiger partial charge in [-0.25, -0.2) is 0 Å². The van der Waals surface area contributed by atoms with Gasteiger partial charge in [-0.15, -0.1) is 0 Å². The Morgan fingerprint density at radius 2 is 1.64 bits per heavy atom. The van der Waals surface area contributed by atoms with Crippen LogP contribution >= 0.6 is 0 Å². The van der Waals surface area contributed by atoms with Crippen molar-refractivity contribution in [3.63, 3.8) is 0 Å². The Bertz CT molecular complexity index is 1000. The van der Waals surface area contributed by atoms with Crippen LogP contribution in [0, 0.1) is 50.2 Å². The van der Waals surface area contributed by atoms with E-state index < -0.39 is 11.4 Å². The highest BCUT2D eigenvalue weighted by molar-refractivity contribution is 5.95. The second-order valence-corrected chi connectivity index (χ2v) is 15.3. The van der Waals surface area contributed by atoms with Gasteiger partial charge in [0.25, 0.3) is 0 Å². The van der Waals surface area contributed by atoms with Crippen molar-refractivity contribution in [1.29, 1.82) is 0 Å². The molecule has 0 saturated heterocycles. The molecule has 202 valence electrons. The van der Waals surface area contributed by atoms with E-state index in [2.05, 4.69) is 53.1 Å². The first kappa shape index (κ1) is 26.4. The molecule has 0 unspecified atom stereocenters. The van der Waals surface area contributed by atoms with Gasteiger partial charge in [0.15, 0.2) is 5.78 Å². The zero-order valence-corrected chi connectivity index (χ0v) is 23.9. The van der Waals surface area contributed by atoms with E-state index in [0.29, 0.717) is 18.1 Å². The van der Waals surface area contributed by atoms with Crippen LogP contribution < -0.4 is 5.48 Å². The van der Waals surface area contributed by atoms with E-state index in [1.807, 2.05) is 6.92 Å². The summed E-state index contributed by atoms with van der Waals surface area (Å²) >= 11 is 0. The van der Waals surface area contributed by atoms with Crippen LogP contribution in [0.5, 0.6) is 0 Å². The minimum atomic E-state index is -0.704. The molecule has 0 aromatic rings. The number of nitrogens with one attached hydrogen (secondary N) is 1. The second kappa shape index (κ2) is 7.91. The van der Waals surface area contributed by atoms with Crippen molar-refractivity contribution in [2.75, 3.05) is 7.11 Å². The summed E-state index contributed by atoms with van der Waals surface area (Å²) in [7, 11) is 1.71. The molecule has 5 aliphatic rings. The van der Waals surface area contributed by atoms with Gasteiger partial charge in [0.2, 0.25) is 0 Å². The maximum Gasteiger partial charge on any atom is 0.309 e. The fraction of sp³-hybridized carbons (Fsp3) is 0.871. The maximum absolute atomic E-state index is 14.4. The minimum Gasteiger partial charge on any atom is -0.481 e. The Morgan fingerprint density at radius 1 is 0.972 bits per heavy atom. The number of carbonyl (C=O) groups excluding carboxylic acids is 1. The Balaban J connectivity index is 1.59. The molecule has 4 saturated carbocycles. The number of allylic oxidation sites excluding steroid dienone is 2. The Labute approximate surface area is 218 Å². The molecule has 0 bridgehead atoms. The SMILES string of the molecule is CON[C@@H]1CC[C@]2(C)[C@H]3C(=O)C=C4[C@@H]5C[C@@](C)(C(=O)O)CC[C@]5(C)CC[C@@]4(C)[C@]3(C)CC[C@H]2C1(C)C. The van der Waals surface area contributed by atoms with Crippen LogP contribution in [0.4, 0.5) is 0 Å². The largest absolute Gasteiger partial charge is 0.481 e. The number of fused-ring (bicyclic) bond motifs is 7. The van der Waals surface area contributed by atoms with Crippen LogP contribution in [0.25, 0.3) is 0 Å². The molecule has 5 nitrogen and oxygen atoms in total. The van der Waals surface area contributed by atoms with Crippen molar-refractivity contribution in [3.8, 4) is 0 Å². The Kier molecular flexibility index (Phi) is 5.80. The lowest BCUT2D eigenvalue weighted by molar-refractivity contribution is -0.195. The molecule has 0 spiro atoms. The van der Waals surface area contributed by atoms with Crippen LogP contribution in [-0.4, -0.2) is 30.0 Å². The normalized spacial score (nSPS) is 51.8. The van der Waals surface area contributed by atoms with E-state index >= 15 is 0 Å². The topological polar surface area (TPSA) is 75.6 Å². The third kappa shape index (κ3) is 3.20. The average molecular weight is 500 g/mol. The molecule has 0 aromatic heterocycles. The molecule has 9 atom stereocenters. The molecule has 4 fully saturated rings. The monoisotopic (exact) mass is 499 g/mol. The molecule has 0 aromatic carbocycles. The quantitative estimate of drug-likeness (QED) is 0.430. The highest BCUT2D eigenvalue weighted by Gasteiger charge is 2.70. The number of carbonyl (C=O) groups is 2. The van der Waals surface area contributed by atoms with Crippen molar-refractivity contribution in [2.24, 2.45) is 50.2 Å². The van der Waals surface area contributed by atoms with Crippen molar-refractivity contribution in [2.45, 2.75) is 112 Å². The molecular formula is C31H49NO4. The maximum atomic E-state index is 14.4. The Morgan fingerprint density at radius 3 is 2.28 bits per heavy atom. The number of hydroxylamine groups is 1. The minimum absolute atomic E-state index is 0.0130. The lowest BCUT2D eigenvalue weighted by Crippen LogP contribution is -2.67. The van der Waals surface area contributed by atoms with Gasteiger partial charge in [-0.05, 0) is 110 Å². The number of carboxylic acid groups (broad SMARTS) is 1. The number of carboxylic acids is 1. The summed E-state index contributed by atoms with van der Waals surface area (Å²) < 4.78 is 0. The van der Waals surface area contributed by atoms with E-state index in [-0.39, 0.29) is 45.0 Å². The summed E-state index contributed by atoms with van der Waals surface area (Å²) in [6, 6.07) is 0.289. The molecule has 0 amide bonds. The summed E-state index contributed by atoms with van der Waals surface area (Å²) in [6.07, 6.45) is 10.8. The van der Waals surface area contributed by atoms with Gasteiger partial charge >= 0.3 is 5.97 Å². The molecule has 5 heteroatoms. The third-order valence-electron chi connectivity index (χ3n) is 13.4. The number of hydrogen-bond acceptors (Lipinski definition) is 4. The van der Waals surface area contributed by atoms with E-state index in [1.54, 1.807) is 7.11 Å². The van der Waals surface area contributed by atoms with Gasteiger partial charge in [-0.3, -0.25) is 9.59 Å². The highest BCUT2D eigenvalue weighted by Crippen LogP contribution is 2.75. The van der Waals surface area contributed by atoms with Crippen LogP contribution in [0.1, 0.15) is 106 Å². The molecule has 0 heterocycles. The van der Waals surface area contributed by atoms with Gasteiger partial charge in [0.05, 0.1) is 12.5 Å². The van der Waals surface area contributed by atoms with E-state index in [9.17, 15) is 14.7 Å². The Hall–Kier alpha value is -1.20. The molecule has 5 rings (SSSR count). The summed E-state index contributed by atoms with van der Waals surface area (Å²) in [5.74, 6) is 0.277. The first-order valence-corrected chi connectivity index (χ1v) is 14.4. The predicted molar refractivity (Wildman–Crippen MR) is 141 cm³/mol. The van der Waals surface area contributed by atoms with Crippen LogP contribution in [-0.2, 0) is 14.4 Å². The molecule has 36 heavy (non-hydrogen) atoms. The molecule has 2 N–H and O–H groups in total. The fourth-order valence-electron chi connectivity index (χ4n) is 10.7. The van der Waals surface area contributed by atoms with E-state index in [4.69, 9.17) is 4.84 Å². The van der Waals surface area contributed by atoms with E-state index in [1.165, 1.54) is 5.57 Å². The van der Waals surface area contributed by atoms with E-state index in [0.717, 1.165) is 51.4 Å². The van der Waals surface area contributed by atoms with Crippen LogP contribution in [0.2, 0.25) is 0 Å². The van der Waals surface area contributed by atoms with Crippen molar-refractivity contribution in [3.05, 3.63) is 11.6 Å².